The minimum absolute atomic E-state index is 0.171. The van der Waals surface area contributed by atoms with E-state index < -0.39 is 41.3 Å². The molecule has 0 N–H and O–H groups in total. The zero-order valence-corrected chi connectivity index (χ0v) is 16.4. The molecule has 0 aliphatic carbocycles. The molecule has 0 heterocycles. The first-order valence-electron chi connectivity index (χ1n) is 9.21. The summed E-state index contributed by atoms with van der Waals surface area (Å²) >= 11 is 0. The number of nitrogens with zero attached hydrogens (tertiary/aromatic N) is 1. The molecule has 30 heavy (non-hydrogen) atoms. The van der Waals surface area contributed by atoms with E-state index >= 15 is 0 Å². The molecule has 1 aromatic carbocycles. The van der Waals surface area contributed by atoms with Crippen LogP contribution in [0.25, 0.3) is 0 Å². The van der Waals surface area contributed by atoms with E-state index in [9.17, 15) is 31.5 Å². The van der Waals surface area contributed by atoms with Crippen molar-refractivity contribution in [1.82, 2.24) is 0 Å². The Kier molecular flexibility index (Phi) is 11.3. The lowest BCUT2D eigenvalue weighted by molar-refractivity contribution is -0.140. The molecule has 0 saturated heterocycles. The Bertz CT molecular complexity index is 767. The van der Waals surface area contributed by atoms with Gasteiger partial charge in [-0.25, -0.2) is 22.0 Å². The topological polar surface area (TPSA) is 65.0 Å². The third kappa shape index (κ3) is 8.30. The summed E-state index contributed by atoms with van der Waals surface area (Å²) in [7, 11) is 1.34. The van der Waals surface area contributed by atoms with Crippen molar-refractivity contribution in [3.05, 3.63) is 46.8 Å². The summed E-state index contributed by atoms with van der Waals surface area (Å²) in [5, 5.41) is 3.28. The molecule has 10 heteroatoms. The predicted molar refractivity (Wildman–Crippen MR) is 98.0 cm³/mol. The van der Waals surface area contributed by atoms with Crippen LogP contribution >= 0.6 is 0 Å². The maximum atomic E-state index is 13.4. The summed E-state index contributed by atoms with van der Waals surface area (Å²) in [5.41, 5.74) is -1.14. The number of carbonyl (C=O) groups is 2. The van der Waals surface area contributed by atoms with Crippen molar-refractivity contribution >= 4 is 18.0 Å². The van der Waals surface area contributed by atoms with E-state index in [0.717, 1.165) is 31.9 Å². The van der Waals surface area contributed by atoms with Crippen LogP contribution in [0.4, 0.5) is 22.0 Å². The van der Waals surface area contributed by atoms with Crippen LogP contribution in [0.5, 0.6) is 0 Å². The van der Waals surface area contributed by atoms with Gasteiger partial charge in [0.25, 0.3) is 0 Å². The highest BCUT2D eigenvalue weighted by Gasteiger charge is 2.25. The third-order valence-corrected chi connectivity index (χ3v) is 4.04. The Morgan fingerprint density at radius 3 is 1.97 bits per heavy atom. The molecule has 0 atom stereocenters. The van der Waals surface area contributed by atoms with Gasteiger partial charge >= 0.3 is 5.97 Å². The second-order valence-corrected chi connectivity index (χ2v) is 6.25. The quantitative estimate of drug-likeness (QED) is 0.0645. The van der Waals surface area contributed by atoms with E-state index in [0.29, 0.717) is 19.3 Å². The monoisotopic (exact) mass is 435 g/mol. The molecule has 166 valence electrons. The Morgan fingerprint density at radius 1 is 0.833 bits per heavy atom. The largest absolute Gasteiger partial charge is 0.469 e. The first-order chi connectivity index (χ1) is 14.3. The number of oxime groups is 1. The van der Waals surface area contributed by atoms with Gasteiger partial charge < -0.3 is 9.57 Å². The number of benzene rings is 1. The van der Waals surface area contributed by atoms with Gasteiger partial charge in [0.2, 0.25) is 5.82 Å². The molecule has 0 aliphatic rings. The van der Waals surface area contributed by atoms with Crippen LogP contribution in [-0.4, -0.2) is 25.1 Å². The van der Waals surface area contributed by atoms with Crippen molar-refractivity contribution in [3.8, 4) is 0 Å². The first-order valence-corrected chi connectivity index (χ1v) is 9.21. The minimum atomic E-state index is -2.25. The number of ether oxygens (including phenoxy) is 1. The lowest BCUT2D eigenvalue weighted by Gasteiger charge is -2.06. The van der Waals surface area contributed by atoms with E-state index in [1.807, 2.05) is 0 Å². The average Bonchev–Trinajstić information content (AvgIpc) is 2.74. The standard InChI is InChI=1S/C20H22F5NO4/c1-29-15(28)10-6-4-2-3-5-8-13(27)9-7-11-26-30-12-14-16(21)18(23)20(25)19(24)17(14)22/h7,9,11H,2-6,8,10,12H2,1H3/b9-7+,26-11?. The maximum absolute atomic E-state index is 13.4. The maximum Gasteiger partial charge on any atom is 0.305 e. The molecular formula is C20H22F5NO4. The van der Waals surface area contributed by atoms with Gasteiger partial charge in [0.1, 0.15) is 6.61 Å². The highest BCUT2D eigenvalue weighted by atomic mass is 19.2. The van der Waals surface area contributed by atoms with Crippen molar-refractivity contribution in [3.63, 3.8) is 0 Å². The van der Waals surface area contributed by atoms with E-state index in [1.54, 1.807) is 0 Å². The van der Waals surface area contributed by atoms with Gasteiger partial charge in [-0.05, 0) is 25.0 Å². The molecule has 0 aromatic heterocycles. The normalized spacial score (nSPS) is 11.4. The number of halogens is 5. The summed E-state index contributed by atoms with van der Waals surface area (Å²) in [6.45, 7) is -0.972. The van der Waals surface area contributed by atoms with E-state index in [4.69, 9.17) is 0 Å². The van der Waals surface area contributed by atoms with Crippen LogP contribution in [0.2, 0.25) is 0 Å². The van der Waals surface area contributed by atoms with Crippen LogP contribution in [0.1, 0.15) is 50.5 Å². The van der Waals surface area contributed by atoms with E-state index in [1.165, 1.54) is 19.3 Å². The van der Waals surface area contributed by atoms with E-state index in [2.05, 4.69) is 14.7 Å². The van der Waals surface area contributed by atoms with E-state index in [-0.39, 0.29) is 11.8 Å². The van der Waals surface area contributed by atoms with Crippen LogP contribution < -0.4 is 0 Å². The summed E-state index contributed by atoms with van der Waals surface area (Å²) in [4.78, 5) is 27.1. The van der Waals surface area contributed by atoms with Gasteiger partial charge in [-0.15, -0.1) is 0 Å². The fourth-order valence-corrected chi connectivity index (χ4v) is 2.39. The van der Waals surface area contributed by atoms with Crippen LogP contribution in [0.15, 0.2) is 17.3 Å². The highest BCUT2D eigenvalue weighted by molar-refractivity contribution is 5.93. The molecule has 0 saturated carbocycles. The summed E-state index contributed by atoms with van der Waals surface area (Å²) in [6, 6.07) is 0. The number of ketones is 1. The number of unbranched alkanes of at least 4 members (excludes halogenated alkanes) is 4. The van der Waals surface area contributed by atoms with Crippen LogP contribution in [0.3, 0.4) is 0 Å². The predicted octanol–water partition coefficient (Wildman–Crippen LogP) is 4.91. The Balaban J connectivity index is 2.27. The summed E-state index contributed by atoms with van der Waals surface area (Å²) in [6.07, 6.45) is 8.16. The van der Waals surface area contributed by atoms with Gasteiger partial charge in [-0.3, -0.25) is 9.59 Å². The van der Waals surface area contributed by atoms with Gasteiger partial charge in [-0.1, -0.05) is 24.4 Å². The third-order valence-electron chi connectivity index (χ3n) is 4.04. The zero-order chi connectivity index (χ0) is 22.5. The molecule has 5 nitrogen and oxygen atoms in total. The molecular weight excluding hydrogens is 413 g/mol. The lowest BCUT2D eigenvalue weighted by atomic mass is 10.1. The fourth-order valence-electron chi connectivity index (χ4n) is 2.39. The number of allylic oxidation sites excluding steroid dienone is 2. The van der Waals surface area contributed by atoms with Crippen molar-refractivity contribution in [2.24, 2.45) is 5.16 Å². The number of hydrogen-bond donors (Lipinski definition) is 0. The fraction of sp³-hybridized carbons (Fsp3) is 0.450. The Labute approximate surface area is 170 Å². The molecule has 0 radical (unpaired) electrons. The zero-order valence-electron chi connectivity index (χ0n) is 16.4. The van der Waals surface area contributed by atoms with Gasteiger partial charge in [0, 0.05) is 12.8 Å². The first kappa shape index (κ1) is 25.3. The van der Waals surface area contributed by atoms with Crippen molar-refractivity contribution < 1.29 is 41.1 Å². The second kappa shape index (κ2) is 13.4. The Hall–Kier alpha value is -2.78. The van der Waals surface area contributed by atoms with Gasteiger partial charge in [-0.2, -0.15) is 0 Å². The number of hydrogen-bond acceptors (Lipinski definition) is 5. The Morgan fingerprint density at radius 2 is 1.37 bits per heavy atom. The summed E-state index contributed by atoms with van der Waals surface area (Å²) < 4.78 is 70.4. The van der Waals surface area contributed by atoms with Gasteiger partial charge in [0.15, 0.2) is 29.1 Å². The molecule has 0 unspecified atom stereocenters. The molecule has 0 fully saturated rings. The SMILES string of the molecule is COC(=O)CCCCCCCC(=O)/C=C/C=NOCc1c(F)c(F)c(F)c(F)c1F. The smallest absolute Gasteiger partial charge is 0.305 e. The van der Waals surface area contributed by atoms with Crippen molar-refractivity contribution in [2.45, 2.75) is 51.6 Å². The average molecular weight is 435 g/mol. The number of methoxy groups -OCH3 is 1. The highest BCUT2D eigenvalue weighted by Crippen LogP contribution is 2.23. The van der Waals surface area contributed by atoms with Crippen LogP contribution in [-0.2, 0) is 25.8 Å². The molecule has 0 amide bonds. The van der Waals surface area contributed by atoms with Crippen molar-refractivity contribution in [1.29, 1.82) is 0 Å². The molecule has 1 aromatic rings. The lowest BCUT2D eigenvalue weighted by Crippen LogP contribution is -2.07. The van der Waals surface area contributed by atoms with Crippen molar-refractivity contribution in [2.75, 3.05) is 7.11 Å². The molecule has 0 bridgehead atoms. The van der Waals surface area contributed by atoms with Crippen LogP contribution in [0, 0.1) is 29.1 Å². The molecule has 0 aliphatic heterocycles. The minimum Gasteiger partial charge on any atom is -0.469 e. The molecule has 0 spiro atoms. The number of esters is 1. The summed E-state index contributed by atoms with van der Waals surface area (Å²) in [5.74, 6) is -10.8. The number of carbonyl (C=O) groups excluding carboxylic acids is 2. The molecule has 1 rings (SSSR count). The second-order valence-electron chi connectivity index (χ2n) is 6.25. The van der Waals surface area contributed by atoms with Gasteiger partial charge in [0.05, 0.1) is 18.9 Å². The number of rotatable bonds is 13.